The third kappa shape index (κ3) is 7.32. The third-order valence-electron chi connectivity index (χ3n) is 2.93. The number of hydrogen-bond donors (Lipinski definition) is 3. The lowest BCUT2D eigenvalue weighted by atomic mass is 10.2. The molecule has 0 saturated heterocycles. The molecule has 5 nitrogen and oxygen atoms in total. The second kappa shape index (κ2) is 9.60. The van der Waals surface area contributed by atoms with Gasteiger partial charge in [0.2, 0.25) is 0 Å². The molecule has 1 aromatic carbocycles. The molecule has 21 heavy (non-hydrogen) atoms. The van der Waals surface area contributed by atoms with Crippen molar-refractivity contribution in [2.45, 2.75) is 12.5 Å². The van der Waals surface area contributed by atoms with Crippen LogP contribution in [0.1, 0.15) is 16.8 Å². The summed E-state index contributed by atoms with van der Waals surface area (Å²) in [5.74, 6) is 0.126. The van der Waals surface area contributed by atoms with Gasteiger partial charge in [-0.1, -0.05) is 0 Å². The van der Waals surface area contributed by atoms with Gasteiger partial charge in [0.1, 0.15) is 0 Å². The monoisotopic (exact) mass is 313 g/mol. The molecule has 6 heteroatoms. The van der Waals surface area contributed by atoms with E-state index in [-0.39, 0.29) is 11.8 Å². The van der Waals surface area contributed by atoms with Gasteiger partial charge < -0.3 is 20.6 Å². The molecule has 0 aliphatic heterocycles. The number of nitrogens with zero attached hydrogens (tertiary/aromatic N) is 1. The van der Waals surface area contributed by atoms with Gasteiger partial charge in [0.15, 0.2) is 0 Å². The minimum Gasteiger partial charge on any atom is -0.390 e. The van der Waals surface area contributed by atoms with Gasteiger partial charge in [0.05, 0.1) is 12.0 Å². The number of hydrogen-bond acceptors (Lipinski definition) is 4. The van der Waals surface area contributed by atoms with Crippen LogP contribution in [-0.2, 0) is 0 Å². The summed E-state index contributed by atoms with van der Waals surface area (Å²) in [6, 6.07) is 7.15. The van der Waals surface area contributed by atoms with Crippen molar-refractivity contribution in [3.63, 3.8) is 0 Å². The number of anilines is 1. The van der Waals surface area contributed by atoms with Gasteiger partial charge in [-0.15, -0.1) is 11.6 Å². The van der Waals surface area contributed by atoms with E-state index in [2.05, 4.69) is 15.5 Å². The smallest absolute Gasteiger partial charge is 0.251 e. The average molecular weight is 314 g/mol. The van der Waals surface area contributed by atoms with Crippen molar-refractivity contribution in [2.24, 2.45) is 0 Å². The van der Waals surface area contributed by atoms with Crippen LogP contribution in [0.4, 0.5) is 5.69 Å². The lowest BCUT2D eigenvalue weighted by molar-refractivity contribution is 0.0952. The molecule has 1 amide bonds. The number of benzene rings is 1. The maximum Gasteiger partial charge on any atom is 0.251 e. The molecule has 0 saturated carbocycles. The number of nitrogens with one attached hydrogen (secondary N) is 2. The quantitative estimate of drug-likeness (QED) is 0.476. The van der Waals surface area contributed by atoms with Crippen LogP contribution in [0, 0.1) is 0 Å². The first-order valence-electron chi connectivity index (χ1n) is 7.04. The van der Waals surface area contributed by atoms with Crippen LogP contribution in [0.2, 0.25) is 0 Å². The highest BCUT2D eigenvalue weighted by molar-refractivity contribution is 6.18. The maximum absolute atomic E-state index is 11.9. The van der Waals surface area contributed by atoms with Crippen LogP contribution in [0.25, 0.3) is 0 Å². The van der Waals surface area contributed by atoms with Gasteiger partial charge in [-0.05, 0) is 51.3 Å². The van der Waals surface area contributed by atoms with Gasteiger partial charge in [0, 0.05) is 24.3 Å². The van der Waals surface area contributed by atoms with Crippen LogP contribution in [-0.4, -0.2) is 61.6 Å². The minimum atomic E-state index is -0.577. The van der Waals surface area contributed by atoms with E-state index in [1.165, 1.54) is 0 Å². The Hall–Kier alpha value is -1.30. The molecule has 0 aliphatic carbocycles. The molecule has 0 aromatic heterocycles. The van der Waals surface area contributed by atoms with Crippen LogP contribution < -0.4 is 10.6 Å². The minimum absolute atomic E-state index is 0.0684. The Bertz CT molecular complexity index is 423. The molecule has 0 spiro atoms. The predicted molar refractivity (Wildman–Crippen MR) is 87.2 cm³/mol. The molecule has 1 unspecified atom stereocenters. The Morgan fingerprint density at radius 1 is 1.33 bits per heavy atom. The van der Waals surface area contributed by atoms with E-state index in [4.69, 9.17) is 11.6 Å². The Balaban J connectivity index is 2.37. The highest BCUT2D eigenvalue weighted by atomic mass is 35.5. The fourth-order valence-corrected chi connectivity index (χ4v) is 1.84. The molecule has 0 heterocycles. The lowest BCUT2D eigenvalue weighted by Crippen LogP contribution is -2.27. The van der Waals surface area contributed by atoms with Crippen molar-refractivity contribution < 1.29 is 9.90 Å². The largest absolute Gasteiger partial charge is 0.390 e. The summed E-state index contributed by atoms with van der Waals surface area (Å²) in [5.41, 5.74) is 1.48. The Kier molecular flexibility index (Phi) is 8.12. The van der Waals surface area contributed by atoms with Crippen LogP contribution in [0.5, 0.6) is 0 Å². The normalized spacial score (nSPS) is 12.2. The van der Waals surface area contributed by atoms with Crippen molar-refractivity contribution in [3.05, 3.63) is 29.8 Å². The van der Waals surface area contributed by atoms with Gasteiger partial charge in [-0.2, -0.15) is 0 Å². The number of aliphatic hydroxyl groups excluding tert-OH is 1. The van der Waals surface area contributed by atoms with Gasteiger partial charge in [-0.25, -0.2) is 0 Å². The molecule has 1 rings (SSSR count). The number of rotatable bonds is 9. The molecule has 0 radical (unpaired) electrons. The highest BCUT2D eigenvalue weighted by Gasteiger charge is 2.05. The summed E-state index contributed by atoms with van der Waals surface area (Å²) in [7, 11) is 4.02. The molecular formula is C15H24ClN3O2. The second-order valence-corrected chi connectivity index (χ2v) is 5.49. The molecule has 0 fully saturated rings. The zero-order valence-electron chi connectivity index (χ0n) is 12.6. The molecule has 1 aromatic rings. The van der Waals surface area contributed by atoms with E-state index in [1.54, 1.807) is 12.1 Å². The van der Waals surface area contributed by atoms with E-state index >= 15 is 0 Å². The van der Waals surface area contributed by atoms with E-state index in [0.717, 1.165) is 18.7 Å². The summed E-state index contributed by atoms with van der Waals surface area (Å²) in [6.45, 7) is 2.00. The van der Waals surface area contributed by atoms with Crippen molar-refractivity contribution in [3.8, 4) is 0 Å². The Labute approximate surface area is 131 Å². The number of alkyl halides is 1. The fraction of sp³-hybridized carbons (Fsp3) is 0.533. The molecular weight excluding hydrogens is 290 g/mol. The summed E-state index contributed by atoms with van der Waals surface area (Å²) in [6.07, 6.45) is 0.348. The van der Waals surface area contributed by atoms with Gasteiger partial charge in [0.25, 0.3) is 5.91 Å². The first-order chi connectivity index (χ1) is 10.0. The number of carbonyl (C=O) groups excluding carboxylic acids is 1. The SMILES string of the molecule is CN(C)CCCNC(=O)c1ccc(NCC(O)CCl)cc1. The van der Waals surface area contributed by atoms with E-state index in [1.807, 2.05) is 26.2 Å². The van der Waals surface area contributed by atoms with E-state index < -0.39 is 6.10 Å². The average Bonchev–Trinajstić information content (AvgIpc) is 2.49. The molecule has 0 bridgehead atoms. The zero-order valence-corrected chi connectivity index (χ0v) is 13.4. The van der Waals surface area contributed by atoms with Crippen LogP contribution in [0.15, 0.2) is 24.3 Å². The highest BCUT2D eigenvalue weighted by Crippen LogP contribution is 2.09. The topological polar surface area (TPSA) is 64.6 Å². The number of carbonyl (C=O) groups is 1. The third-order valence-corrected chi connectivity index (χ3v) is 3.29. The first-order valence-corrected chi connectivity index (χ1v) is 7.57. The van der Waals surface area contributed by atoms with Crippen LogP contribution in [0.3, 0.4) is 0 Å². The predicted octanol–water partition coefficient (Wildman–Crippen LogP) is 1.38. The molecule has 118 valence electrons. The summed E-state index contributed by atoms with van der Waals surface area (Å²) < 4.78 is 0. The van der Waals surface area contributed by atoms with E-state index in [0.29, 0.717) is 18.7 Å². The summed E-state index contributed by atoms with van der Waals surface area (Å²) >= 11 is 5.52. The summed E-state index contributed by atoms with van der Waals surface area (Å²) in [4.78, 5) is 14.0. The summed E-state index contributed by atoms with van der Waals surface area (Å²) in [5, 5.41) is 15.3. The van der Waals surface area contributed by atoms with Crippen molar-refractivity contribution in [2.75, 3.05) is 44.9 Å². The van der Waals surface area contributed by atoms with Crippen LogP contribution >= 0.6 is 11.6 Å². The number of halogens is 1. The first kappa shape index (κ1) is 17.8. The van der Waals surface area contributed by atoms with Gasteiger partial charge in [-0.3, -0.25) is 4.79 Å². The molecule has 0 aliphatic rings. The maximum atomic E-state index is 11.9. The fourth-order valence-electron chi connectivity index (χ4n) is 1.73. The van der Waals surface area contributed by atoms with Crippen molar-refractivity contribution in [1.82, 2.24) is 10.2 Å². The number of amides is 1. The van der Waals surface area contributed by atoms with Crippen molar-refractivity contribution >= 4 is 23.2 Å². The molecule has 1 atom stereocenters. The standard InChI is InChI=1S/C15H24ClN3O2/c1-19(2)9-3-8-17-15(21)12-4-6-13(7-5-12)18-11-14(20)10-16/h4-7,14,18,20H,3,8-11H2,1-2H3,(H,17,21). The Morgan fingerprint density at radius 2 is 2.00 bits per heavy atom. The van der Waals surface area contributed by atoms with Crippen molar-refractivity contribution in [1.29, 1.82) is 0 Å². The van der Waals surface area contributed by atoms with E-state index in [9.17, 15) is 9.90 Å². The Morgan fingerprint density at radius 3 is 2.57 bits per heavy atom. The second-order valence-electron chi connectivity index (χ2n) is 5.18. The van der Waals surface area contributed by atoms with Gasteiger partial charge >= 0.3 is 0 Å². The lowest BCUT2D eigenvalue weighted by Gasteiger charge is -2.11. The number of aliphatic hydroxyl groups is 1. The molecule has 3 N–H and O–H groups in total. The zero-order chi connectivity index (χ0) is 15.7.